The number of nitrogens with two attached hydrogens (primary N) is 3. The van der Waals surface area contributed by atoms with E-state index in [2.05, 4.69) is 31.2 Å². The van der Waals surface area contributed by atoms with E-state index < -0.39 is 6.04 Å². The van der Waals surface area contributed by atoms with Crippen molar-refractivity contribution in [2.75, 3.05) is 39.8 Å². The summed E-state index contributed by atoms with van der Waals surface area (Å²) in [5, 5.41) is 3.14. The van der Waals surface area contributed by atoms with Crippen molar-refractivity contribution < 1.29 is 9.28 Å². The lowest BCUT2D eigenvalue weighted by Gasteiger charge is -2.35. The second-order valence-electron chi connectivity index (χ2n) is 16.7. The van der Waals surface area contributed by atoms with Crippen LogP contribution in [-0.2, 0) is 4.79 Å². The Balaban J connectivity index is 4.24. The molecule has 0 rings (SSSR count). The monoisotopic (exact) mass is 736 g/mol. The van der Waals surface area contributed by atoms with Gasteiger partial charge in [-0.1, -0.05) is 194 Å². The number of nitrogens with zero attached hydrogens (tertiary/aromatic N) is 2. The first-order valence-corrected chi connectivity index (χ1v) is 23.3. The van der Waals surface area contributed by atoms with Gasteiger partial charge in [-0.2, -0.15) is 0 Å². The van der Waals surface area contributed by atoms with Crippen LogP contribution < -0.4 is 22.5 Å². The van der Waals surface area contributed by atoms with E-state index in [-0.39, 0.29) is 11.9 Å². The minimum Gasteiger partial charge on any atom is -0.370 e. The number of nitrogens with one attached hydrogen (secondary N) is 1. The summed E-state index contributed by atoms with van der Waals surface area (Å²) >= 11 is 0. The maximum absolute atomic E-state index is 12.7. The average molecular weight is 736 g/mol. The van der Waals surface area contributed by atoms with Crippen molar-refractivity contribution in [3.63, 3.8) is 0 Å². The van der Waals surface area contributed by atoms with Crippen molar-refractivity contribution in [1.29, 1.82) is 0 Å². The van der Waals surface area contributed by atoms with Crippen LogP contribution in [-0.4, -0.2) is 62.2 Å². The molecule has 0 aromatic rings. The summed E-state index contributed by atoms with van der Waals surface area (Å²) in [7, 11) is 2.41. The fourth-order valence-corrected chi connectivity index (χ4v) is 7.65. The number of carbonyl (C=O) groups is 1. The topological polar surface area (TPSA) is 120 Å². The van der Waals surface area contributed by atoms with E-state index in [1.54, 1.807) is 0 Å². The molecular formula is C45H95N6O+. The molecule has 7 N–H and O–H groups in total. The summed E-state index contributed by atoms with van der Waals surface area (Å²) in [5.74, 6) is 0.0323. The number of guanidine groups is 1. The molecule has 7 nitrogen and oxygen atoms in total. The molecular weight excluding hydrogens is 641 g/mol. The van der Waals surface area contributed by atoms with Crippen molar-refractivity contribution in [2.24, 2.45) is 22.2 Å². The molecule has 0 radical (unpaired) electrons. The molecule has 0 aliphatic heterocycles. The fraction of sp³-hybridized carbons (Fsp3) is 0.956. The van der Waals surface area contributed by atoms with Crippen LogP contribution in [0.3, 0.4) is 0 Å². The molecule has 1 atom stereocenters. The molecule has 1 amide bonds. The third-order valence-electron chi connectivity index (χ3n) is 11.4. The quantitative estimate of drug-likeness (QED) is 0.0216. The number of amides is 1. The van der Waals surface area contributed by atoms with E-state index >= 15 is 0 Å². The van der Waals surface area contributed by atoms with Gasteiger partial charge < -0.3 is 27.0 Å². The van der Waals surface area contributed by atoms with Crippen LogP contribution in [0, 0.1) is 0 Å². The molecule has 0 aromatic carbocycles. The average Bonchev–Trinajstić information content (AvgIpc) is 3.12. The highest BCUT2D eigenvalue weighted by atomic mass is 16.2. The van der Waals surface area contributed by atoms with Gasteiger partial charge in [-0.25, -0.2) is 0 Å². The summed E-state index contributed by atoms with van der Waals surface area (Å²) in [6, 6.07) is -0.506. The minimum atomic E-state index is -0.506. The summed E-state index contributed by atoms with van der Waals surface area (Å²) < 4.78 is 1.05. The Kier molecular flexibility index (Phi) is 38.3. The number of carbonyl (C=O) groups excluding carboxylic acids is 1. The lowest BCUT2D eigenvalue weighted by Crippen LogP contribution is -2.51. The highest BCUT2D eigenvalue weighted by Gasteiger charge is 2.22. The second kappa shape index (κ2) is 39.4. The number of aliphatic imine (C=N–C) groups is 1. The predicted octanol–water partition coefficient (Wildman–Crippen LogP) is 11.5. The third-order valence-corrected chi connectivity index (χ3v) is 11.4. The normalized spacial score (nSPS) is 12.3. The fourth-order valence-electron chi connectivity index (χ4n) is 7.65. The van der Waals surface area contributed by atoms with E-state index in [1.165, 1.54) is 219 Å². The van der Waals surface area contributed by atoms with Gasteiger partial charge in [-0.3, -0.25) is 9.79 Å². The zero-order valence-electron chi connectivity index (χ0n) is 35.7. The lowest BCUT2D eigenvalue weighted by atomic mass is 10.0. The lowest BCUT2D eigenvalue weighted by molar-refractivity contribution is -0.908. The van der Waals surface area contributed by atoms with E-state index in [4.69, 9.17) is 17.2 Å². The van der Waals surface area contributed by atoms with Gasteiger partial charge in [0.2, 0.25) is 5.91 Å². The summed E-state index contributed by atoms with van der Waals surface area (Å²) in [5.41, 5.74) is 17.0. The van der Waals surface area contributed by atoms with Crippen LogP contribution in [0.5, 0.6) is 0 Å². The molecule has 0 aliphatic rings. The number of likely N-dealkylation sites (N-methyl/N-ethyl adjacent to an activating group) is 1. The summed E-state index contributed by atoms with van der Waals surface area (Å²) in [6.45, 7) is 9.18. The Morgan fingerprint density at radius 1 is 0.500 bits per heavy atom. The van der Waals surface area contributed by atoms with Crippen LogP contribution in [0.4, 0.5) is 0 Å². The molecule has 0 fully saturated rings. The molecule has 0 heterocycles. The van der Waals surface area contributed by atoms with Gasteiger partial charge in [0.25, 0.3) is 0 Å². The van der Waals surface area contributed by atoms with Crippen molar-refractivity contribution in [3.05, 3.63) is 0 Å². The van der Waals surface area contributed by atoms with Crippen LogP contribution in [0.15, 0.2) is 4.99 Å². The van der Waals surface area contributed by atoms with E-state index in [9.17, 15) is 4.79 Å². The Morgan fingerprint density at radius 2 is 0.808 bits per heavy atom. The van der Waals surface area contributed by atoms with Crippen molar-refractivity contribution >= 4 is 11.9 Å². The molecule has 310 valence electrons. The van der Waals surface area contributed by atoms with Gasteiger partial charge in [-0.15, -0.1) is 0 Å². The van der Waals surface area contributed by atoms with E-state index in [0.717, 1.165) is 11.0 Å². The molecule has 0 spiro atoms. The Morgan fingerprint density at radius 3 is 1.12 bits per heavy atom. The van der Waals surface area contributed by atoms with Gasteiger partial charge in [-0.05, 0) is 38.5 Å². The van der Waals surface area contributed by atoms with Crippen LogP contribution in [0.25, 0.3) is 0 Å². The molecule has 0 aromatic heterocycles. The number of rotatable bonds is 42. The zero-order valence-corrected chi connectivity index (χ0v) is 35.7. The van der Waals surface area contributed by atoms with Crippen LogP contribution in [0.1, 0.15) is 232 Å². The largest absolute Gasteiger partial charge is 0.370 e. The smallest absolute Gasteiger partial charge is 0.237 e. The maximum Gasteiger partial charge on any atom is 0.237 e. The van der Waals surface area contributed by atoms with Crippen LogP contribution >= 0.6 is 0 Å². The summed E-state index contributed by atoms with van der Waals surface area (Å²) in [4.78, 5) is 16.7. The van der Waals surface area contributed by atoms with Gasteiger partial charge >= 0.3 is 0 Å². The molecule has 0 unspecified atom stereocenters. The standard InChI is InChI=1S/C45H94N6O/c1-4-6-8-10-12-14-16-18-20-22-24-26-28-30-32-34-40-51(3,42-39-49-44(52)43(46)37-36-38-50-45(47)48)41-35-33-31-29-27-25-23-21-19-17-15-13-11-9-7-5-2/h43H,4-42,46H2,1-3H3,(H4-,47,48,49,50,52)/p+1/t43-/m0/s1. The Labute approximate surface area is 325 Å². The number of unbranched alkanes of at least 4 members (excludes halogenated alkanes) is 30. The van der Waals surface area contributed by atoms with Crippen molar-refractivity contribution in [1.82, 2.24) is 5.32 Å². The number of hydrogen-bond donors (Lipinski definition) is 4. The first kappa shape index (κ1) is 50.7. The highest BCUT2D eigenvalue weighted by Crippen LogP contribution is 2.17. The van der Waals surface area contributed by atoms with Gasteiger partial charge in [0, 0.05) is 6.54 Å². The molecule has 0 bridgehead atoms. The number of hydrogen-bond acceptors (Lipinski definition) is 3. The van der Waals surface area contributed by atoms with Crippen LogP contribution in [0.2, 0.25) is 0 Å². The Hall–Kier alpha value is -1.34. The molecule has 7 heteroatoms. The highest BCUT2D eigenvalue weighted by molar-refractivity contribution is 5.81. The second-order valence-corrected chi connectivity index (χ2v) is 16.7. The van der Waals surface area contributed by atoms with Crippen molar-refractivity contribution in [3.8, 4) is 0 Å². The molecule has 0 saturated carbocycles. The Bertz CT molecular complexity index is 735. The number of quaternary nitrogens is 1. The molecule has 52 heavy (non-hydrogen) atoms. The minimum absolute atomic E-state index is 0.0546. The molecule has 0 aliphatic carbocycles. The van der Waals surface area contributed by atoms with Gasteiger partial charge in [0.05, 0.1) is 39.3 Å². The zero-order chi connectivity index (χ0) is 38.2. The summed E-state index contributed by atoms with van der Waals surface area (Å²) in [6.07, 6.45) is 46.2. The van der Waals surface area contributed by atoms with Gasteiger partial charge in [0.15, 0.2) is 5.96 Å². The van der Waals surface area contributed by atoms with E-state index in [1.807, 2.05) is 0 Å². The van der Waals surface area contributed by atoms with E-state index in [0.29, 0.717) is 25.9 Å². The van der Waals surface area contributed by atoms with Gasteiger partial charge in [0.1, 0.15) is 0 Å². The molecule has 0 saturated heterocycles. The first-order valence-electron chi connectivity index (χ1n) is 23.3. The van der Waals surface area contributed by atoms with Crippen molar-refractivity contribution in [2.45, 2.75) is 238 Å². The third kappa shape index (κ3) is 37.0. The SMILES string of the molecule is CCCCCCCCCCCCCCCCCC[N+](C)(CCCCCCCCCCCCCCCCCC)CCNC(=O)[C@@H](N)CCCN=C(N)N. The predicted molar refractivity (Wildman–Crippen MR) is 231 cm³/mol. The maximum atomic E-state index is 12.7. The first-order chi connectivity index (χ1) is 25.3.